The Kier molecular flexibility index (Phi) is 9.74. The fraction of sp³-hybridized carbons (Fsp3) is 0.526. The average molecular weight is 795 g/mol. The molecule has 0 saturated carbocycles. The number of hydrogen-bond acceptors (Lipinski definition) is 18. The van der Waals surface area contributed by atoms with E-state index in [1.165, 1.54) is 16.3 Å². The predicted molar refractivity (Wildman–Crippen MR) is 151 cm³/mol. The van der Waals surface area contributed by atoms with E-state index in [0.29, 0.717) is 0 Å². The Morgan fingerprint density at radius 3 is 2.23 bits per heavy atom. The minimum absolute atomic E-state index is 0.0587. The van der Waals surface area contributed by atoms with Crippen molar-refractivity contribution in [3.63, 3.8) is 0 Å². The van der Waals surface area contributed by atoms with E-state index in [1.54, 1.807) is 0 Å². The zero-order valence-corrected chi connectivity index (χ0v) is 26.5. The summed E-state index contributed by atoms with van der Waals surface area (Å²) in [6, 6.07) is 0. The molecule has 0 aromatic carbocycles. The van der Waals surface area contributed by atoms with Crippen LogP contribution in [0.2, 0.25) is 0 Å². The zero-order valence-electron chi connectivity index (χ0n) is 21.7. The first-order valence-electron chi connectivity index (χ1n) is 12.2. The van der Waals surface area contributed by atoms with Gasteiger partial charge in [-0.3, -0.25) is 18.4 Å². The number of nitrogens with zero attached hydrogens (tertiary/aromatic N) is 5. The van der Waals surface area contributed by atoms with E-state index in [-0.39, 0.29) is 31.5 Å². The van der Waals surface area contributed by atoms with Crippen molar-refractivity contribution in [2.75, 3.05) is 18.9 Å². The van der Waals surface area contributed by atoms with Gasteiger partial charge in [0.1, 0.15) is 58.9 Å². The summed E-state index contributed by atoms with van der Waals surface area (Å²) in [5.41, 5.74) is 11.3. The summed E-state index contributed by atoms with van der Waals surface area (Å²) in [4.78, 5) is 47.4. The second kappa shape index (κ2) is 12.8. The third-order valence-electron chi connectivity index (χ3n) is 6.42. The molecular weight excluding hydrogens is 771 g/mol. The van der Waals surface area contributed by atoms with Crippen molar-refractivity contribution in [1.82, 2.24) is 24.5 Å². The summed E-state index contributed by atoms with van der Waals surface area (Å²) in [7, 11) is -10.7. The molecule has 2 saturated heterocycles. The number of fused-ring (bicyclic) bond motifs is 1. The summed E-state index contributed by atoms with van der Waals surface area (Å²) in [5.74, 6) is -0.773. The van der Waals surface area contributed by atoms with Crippen LogP contribution in [0.3, 0.4) is 0 Å². The van der Waals surface area contributed by atoms with Crippen LogP contribution in [0.5, 0.6) is 0 Å². The molecule has 2 aliphatic heterocycles. The highest BCUT2D eigenvalue weighted by Gasteiger charge is 2.48. The number of halogens is 1. The summed E-state index contributed by atoms with van der Waals surface area (Å²) >= 11 is 2.72. The fourth-order valence-corrected chi connectivity index (χ4v) is 7.79. The molecule has 44 heavy (non-hydrogen) atoms. The Balaban J connectivity index is 1.16. The number of carbonyl (C=O) groups is 1. The van der Waals surface area contributed by atoms with Gasteiger partial charge in [0, 0.05) is 28.0 Å². The van der Waals surface area contributed by atoms with Gasteiger partial charge in [0.05, 0.1) is 19.5 Å². The Bertz CT molecular complexity index is 1650. The molecule has 21 nitrogen and oxygen atoms in total. The lowest BCUT2D eigenvalue weighted by molar-refractivity contribution is -0.0507. The number of thiazole rings is 1. The van der Waals surface area contributed by atoms with Crippen molar-refractivity contribution in [2.24, 2.45) is 5.73 Å². The Hall–Kier alpha value is -1.80. The van der Waals surface area contributed by atoms with Crippen LogP contribution >= 0.6 is 49.6 Å². The monoisotopic (exact) mass is 795 g/mol. The van der Waals surface area contributed by atoms with Gasteiger partial charge in [-0.2, -0.15) is 4.31 Å². The van der Waals surface area contributed by atoms with Crippen molar-refractivity contribution in [3.8, 4) is 0 Å². The van der Waals surface area contributed by atoms with Gasteiger partial charge in [-0.1, -0.05) is 0 Å². The van der Waals surface area contributed by atoms with Gasteiger partial charge in [0.15, 0.2) is 21.5 Å². The fourth-order valence-electron chi connectivity index (χ4n) is 4.33. The van der Waals surface area contributed by atoms with Gasteiger partial charge in [-0.15, -0.1) is 11.3 Å². The van der Waals surface area contributed by atoms with Gasteiger partial charge in [-0.25, -0.2) is 29.1 Å². The Morgan fingerprint density at radius 2 is 1.61 bits per heavy atom. The van der Waals surface area contributed by atoms with E-state index >= 15 is 0 Å². The molecule has 242 valence electrons. The van der Waals surface area contributed by atoms with Gasteiger partial charge in [0.2, 0.25) is 0 Å². The van der Waals surface area contributed by atoms with Crippen molar-refractivity contribution >= 4 is 72.5 Å². The van der Waals surface area contributed by atoms with Gasteiger partial charge < -0.3 is 51.2 Å². The summed E-state index contributed by atoms with van der Waals surface area (Å²) in [5, 5.41) is 43.0. The normalized spacial score (nSPS) is 31.7. The van der Waals surface area contributed by atoms with E-state index in [2.05, 4.69) is 28.8 Å². The molecule has 5 rings (SSSR count). The molecule has 0 aliphatic carbocycles. The number of hydrogen-bond donors (Lipinski definition) is 8. The number of aliphatic hydroxyl groups is 4. The highest BCUT2D eigenvalue weighted by atomic mass is 127. The standard InChI is InChI=1S/C19H24IN7O14P2S/c20-19-25-14(21)8-16(26-19)27(4-23-8)18-12(31)10(29)7(40-18)2-38-43(35,36)41-42(33,34)37-1-6-9(28)11(30)13(39-6)17-24-5(3-44-17)15(22)32/h3-4,6-7,9-13,18,28-31H,1-2H2,(H2,22,32)(H,33,34)(H,35,36)(H2,21,25,26)/t6-,7-,9-,10-,11-,12-,13-,18-/m1/s1. The summed E-state index contributed by atoms with van der Waals surface area (Å²) < 4.78 is 51.0. The number of amides is 1. The third-order valence-corrected chi connectivity index (χ3v) is 10.4. The minimum atomic E-state index is -5.37. The second-order valence-corrected chi connectivity index (χ2v) is 14.3. The Labute approximate surface area is 263 Å². The number of phosphoric ester groups is 2. The lowest BCUT2D eigenvalue weighted by Crippen LogP contribution is -2.33. The summed E-state index contributed by atoms with van der Waals surface area (Å²) in [6.45, 7) is -1.80. The molecule has 2 unspecified atom stereocenters. The van der Waals surface area contributed by atoms with Crippen LogP contribution in [0.15, 0.2) is 11.7 Å². The van der Waals surface area contributed by atoms with E-state index < -0.39 is 83.7 Å². The van der Waals surface area contributed by atoms with Crippen LogP contribution < -0.4 is 11.5 Å². The van der Waals surface area contributed by atoms with Crippen LogP contribution in [-0.4, -0.2) is 110 Å². The van der Waals surface area contributed by atoms with Gasteiger partial charge >= 0.3 is 15.6 Å². The maximum atomic E-state index is 12.4. The second-order valence-electron chi connectivity index (χ2n) is 9.37. The first kappa shape index (κ1) is 33.6. The topological polar surface area (TPSA) is 327 Å². The third kappa shape index (κ3) is 6.96. The van der Waals surface area contributed by atoms with Crippen LogP contribution in [-0.2, 0) is 32.0 Å². The van der Waals surface area contributed by atoms with E-state index in [0.717, 1.165) is 11.3 Å². The number of aliphatic hydroxyl groups excluding tert-OH is 4. The molecule has 0 spiro atoms. The highest BCUT2D eigenvalue weighted by Crippen LogP contribution is 2.61. The molecule has 10 atom stereocenters. The lowest BCUT2D eigenvalue weighted by atomic mass is 10.1. The van der Waals surface area contributed by atoms with Crippen molar-refractivity contribution in [1.29, 1.82) is 0 Å². The highest BCUT2D eigenvalue weighted by molar-refractivity contribution is 14.1. The number of carbonyl (C=O) groups excluding carboxylic acids is 1. The molecular formula is C19H24IN7O14P2S. The van der Waals surface area contributed by atoms with Crippen molar-refractivity contribution in [3.05, 3.63) is 26.2 Å². The first-order valence-corrected chi connectivity index (χ1v) is 17.1. The van der Waals surface area contributed by atoms with Crippen LogP contribution in [0.25, 0.3) is 11.2 Å². The summed E-state index contributed by atoms with van der Waals surface area (Å²) in [6.07, 6.45) is -10.6. The molecule has 3 aromatic heterocycles. The van der Waals surface area contributed by atoms with E-state index in [4.69, 9.17) is 25.5 Å². The zero-order chi connectivity index (χ0) is 32.1. The van der Waals surface area contributed by atoms with Crippen LogP contribution in [0, 0.1) is 3.83 Å². The molecule has 5 heterocycles. The van der Waals surface area contributed by atoms with E-state index in [9.17, 15) is 44.1 Å². The number of nitrogen functional groups attached to an aromatic ring is 1. The molecule has 2 fully saturated rings. The largest absolute Gasteiger partial charge is 0.481 e. The number of phosphoric acid groups is 2. The molecule has 2 aliphatic rings. The molecule has 0 radical (unpaired) electrons. The van der Waals surface area contributed by atoms with Crippen LogP contribution in [0.4, 0.5) is 5.82 Å². The molecule has 10 N–H and O–H groups in total. The van der Waals surface area contributed by atoms with Gasteiger partial charge in [-0.05, 0) is 0 Å². The molecule has 25 heteroatoms. The van der Waals surface area contributed by atoms with Crippen LogP contribution in [0.1, 0.15) is 27.8 Å². The maximum absolute atomic E-state index is 12.4. The SMILES string of the molecule is NC(=O)c1csc([C@@H]2O[C@H](COP(=O)(O)OP(=O)(O)OC[C@H]3O[C@@H](n4cnc5c(N)nc(I)nc54)[C@H](O)[C@@H]3O)[C@@H](O)[C@H]2O)n1. The number of aromatic nitrogens is 5. The number of ether oxygens (including phenoxy) is 2. The predicted octanol–water partition coefficient (Wildman–Crippen LogP) is -1.70. The molecule has 3 aromatic rings. The maximum Gasteiger partial charge on any atom is 0.481 e. The lowest BCUT2D eigenvalue weighted by Gasteiger charge is -2.20. The number of primary amides is 1. The smallest absolute Gasteiger partial charge is 0.387 e. The van der Waals surface area contributed by atoms with E-state index in [1.807, 2.05) is 22.6 Å². The van der Waals surface area contributed by atoms with Gasteiger partial charge in [0.25, 0.3) is 5.91 Å². The average Bonchev–Trinajstić information content (AvgIpc) is 3.70. The molecule has 1 amide bonds. The first-order chi connectivity index (χ1) is 20.6. The van der Waals surface area contributed by atoms with Crippen molar-refractivity contribution < 1.29 is 67.0 Å². The molecule has 0 bridgehead atoms. The Morgan fingerprint density at radius 1 is 1.00 bits per heavy atom. The quantitative estimate of drug-likeness (QED) is 0.0609. The number of nitrogens with two attached hydrogens (primary N) is 2. The number of rotatable bonds is 11. The minimum Gasteiger partial charge on any atom is -0.387 e. The number of imidazole rings is 1. The number of anilines is 1. The van der Waals surface area contributed by atoms with Crippen molar-refractivity contribution in [2.45, 2.75) is 49.0 Å².